The zero-order valence-electron chi connectivity index (χ0n) is 25.6. The van der Waals surface area contributed by atoms with Crippen LogP contribution in [0.5, 0.6) is 6.01 Å². The van der Waals surface area contributed by atoms with Crippen LogP contribution >= 0.6 is 0 Å². The largest absolute Gasteiger partial charge is 0.463 e. The molecule has 0 radical (unpaired) electrons. The Morgan fingerprint density at radius 3 is 2.68 bits per heavy atom. The highest BCUT2D eigenvalue weighted by Gasteiger charge is 2.39. The molecule has 12 heteroatoms. The third-order valence-corrected chi connectivity index (χ3v) is 9.13. The number of piperazine rings is 1. The van der Waals surface area contributed by atoms with Crippen LogP contribution in [0.1, 0.15) is 41.6 Å². The zero-order valence-corrected chi connectivity index (χ0v) is 25.6. The molecule has 1 aliphatic carbocycles. The van der Waals surface area contributed by atoms with Crippen LogP contribution < -0.4 is 14.5 Å². The number of anilines is 2. The molecule has 0 spiro atoms. The lowest BCUT2D eigenvalue weighted by atomic mass is 10.00. The number of benzene rings is 1. The van der Waals surface area contributed by atoms with Crippen molar-refractivity contribution >= 4 is 17.4 Å². The van der Waals surface area contributed by atoms with Crippen molar-refractivity contribution in [3.05, 3.63) is 64.7 Å². The molecule has 1 saturated heterocycles. The van der Waals surface area contributed by atoms with Gasteiger partial charge in [0.05, 0.1) is 24.4 Å². The second kappa shape index (κ2) is 13.0. The fraction of sp³-hybridized carbons (Fsp3) is 0.562. The molecule has 1 aromatic carbocycles. The smallest absolute Gasteiger partial charge is 0.418 e. The summed E-state index contributed by atoms with van der Waals surface area (Å²) in [6.07, 6.45) is 0.384. The highest BCUT2D eigenvalue weighted by Crippen LogP contribution is 2.41. The Morgan fingerprint density at radius 1 is 1.20 bits per heavy atom. The Kier molecular flexibility index (Phi) is 9.34. The van der Waals surface area contributed by atoms with E-state index in [1.807, 2.05) is 0 Å². The predicted octanol–water partition coefficient (Wildman–Crippen LogP) is 4.60. The number of ether oxygens (including phenoxy) is 1. The molecule has 5 rings (SSSR count). The van der Waals surface area contributed by atoms with Crippen LogP contribution in [0.4, 0.5) is 24.7 Å². The van der Waals surface area contributed by atoms with Crippen LogP contribution in [0, 0.1) is 19.4 Å². The van der Waals surface area contributed by atoms with Gasteiger partial charge in [-0.05, 0) is 70.3 Å². The summed E-state index contributed by atoms with van der Waals surface area (Å²) in [7, 11) is 4.17. The first-order chi connectivity index (χ1) is 21.0. The summed E-state index contributed by atoms with van der Waals surface area (Å²) in [5, 5.41) is 0. The number of alkyl halides is 3. The fourth-order valence-electron chi connectivity index (χ4n) is 6.78. The molecule has 2 aliphatic heterocycles. The summed E-state index contributed by atoms with van der Waals surface area (Å²) in [5.41, 5.74) is 1.19. The first kappa shape index (κ1) is 31.6. The number of rotatable bonds is 8. The van der Waals surface area contributed by atoms with Crippen molar-refractivity contribution in [1.29, 1.82) is 0 Å². The molecule has 3 atom stereocenters. The Labute approximate surface area is 257 Å². The summed E-state index contributed by atoms with van der Waals surface area (Å²) < 4.78 is 48.6. The van der Waals surface area contributed by atoms with Crippen molar-refractivity contribution in [3.8, 4) is 6.01 Å². The van der Waals surface area contributed by atoms with Gasteiger partial charge in [0.2, 0.25) is 12.5 Å². The highest BCUT2D eigenvalue weighted by molar-refractivity contribution is 5.87. The lowest BCUT2D eigenvalue weighted by Crippen LogP contribution is -2.56. The van der Waals surface area contributed by atoms with E-state index >= 15 is 0 Å². The highest BCUT2D eigenvalue weighted by atomic mass is 19.4. The van der Waals surface area contributed by atoms with Gasteiger partial charge in [0, 0.05) is 43.5 Å². The van der Waals surface area contributed by atoms with E-state index in [1.54, 1.807) is 15.9 Å². The van der Waals surface area contributed by atoms with Crippen molar-refractivity contribution in [2.75, 3.05) is 63.2 Å². The fourth-order valence-corrected chi connectivity index (χ4v) is 6.78. The van der Waals surface area contributed by atoms with Crippen LogP contribution in [-0.4, -0.2) is 91.2 Å². The molecule has 3 heterocycles. The summed E-state index contributed by atoms with van der Waals surface area (Å²) >= 11 is 0. The van der Waals surface area contributed by atoms with E-state index in [9.17, 15) is 18.0 Å². The normalized spacial score (nSPS) is 22.1. The van der Waals surface area contributed by atoms with Crippen LogP contribution in [0.3, 0.4) is 0 Å². The maximum Gasteiger partial charge on any atom is 0.418 e. The van der Waals surface area contributed by atoms with Gasteiger partial charge in [-0.25, -0.2) is 6.57 Å². The van der Waals surface area contributed by atoms with Crippen molar-refractivity contribution in [2.24, 2.45) is 5.92 Å². The summed E-state index contributed by atoms with van der Waals surface area (Å²) in [4.78, 5) is 33.4. The number of nitrogens with zero attached hydrogens (tertiary/aromatic N) is 7. The lowest BCUT2D eigenvalue weighted by molar-refractivity contribution is -0.137. The first-order valence-corrected chi connectivity index (χ1v) is 15.1. The third-order valence-electron chi connectivity index (χ3n) is 9.13. The van der Waals surface area contributed by atoms with Gasteiger partial charge in [-0.15, -0.1) is 0 Å². The molecule has 1 saturated carbocycles. The maximum atomic E-state index is 14.1. The molecule has 0 N–H and O–H groups in total. The molecule has 2 fully saturated rings. The lowest BCUT2D eigenvalue weighted by Gasteiger charge is -2.41. The summed E-state index contributed by atoms with van der Waals surface area (Å²) in [6.45, 7) is 15.0. The van der Waals surface area contributed by atoms with Gasteiger partial charge in [0.25, 0.3) is 0 Å². The molecular weight excluding hydrogens is 571 g/mol. The Morgan fingerprint density at radius 2 is 2.00 bits per heavy atom. The second-order valence-electron chi connectivity index (χ2n) is 12.2. The second-order valence-corrected chi connectivity index (χ2v) is 12.2. The van der Waals surface area contributed by atoms with Gasteiger partial charge < -0.3 is 29.2 Å². The quantitative estimate of drug-likeness (QED) is 0.319. The third kappa shape index (κ3) is 6.62. The summed E-state index contributed by atoms with van der Waals surface area (Å²) in [6, 6.07) is 5.02. The van der Waals surface area contributed by atoms with Gasteiger partial charge >= 0.3 is 12.2 Å². The van der Waals surface area contributed by atoms with Gasteiger partial charge in [-0.3, -0.25) is 4.79 Å². The number of halogens is 3. The van der Waals surface area contributed by atoms with Crippen molar-refractivity contribution in [1.82, 2.24) is 19.8 Å². The number of hydrogen-bond acceptors (Lipinski definition) is 7. The molecule has 3 aliphatic rings. The van der Waals surface area contributed by atoms with Crippen LogP contribution in [0.15, 0.2) is 30.9 Å². The van der Waals surface area contributed by atoms with Gasteiger partial charge in [0.15, 0.2) is 0 Å². The minimum atomic E-state index is -4.49. The molecule has 0 bridgehead atoms. The van der Waals surface area contributed by atoms with Crippen molar-refractivity contribution in [2.45, 2.75) is 57.4 Å². The predicted molar refractivity (Wildman–Crippen MR) is 163 cm³/mol. The first-order valence-electron chi connectivity index (χ1n) is 15.1. The van der Waals surface area contributed by atoms with Gasteiger partial charge in [-0.2, -0.15) is 23.1 Å². The molecule has 9 nitrogen and oxygen atoms in total. The Balaban J connectivity index is 1.47. The van der Waals surface area contributed by atoms with E-state index in [0.717, 1.165) is 24.8 Å². The zero-order chi connectivity index (χ0) is 31.6. The van der Waals surface area contributed by atoms with Crippen LogP contribution in [-0.2, 0) is 23.9 Å². The molecule has 0 unspecified atom stereocenters. The van der Waals surface area contributed by atoms with E-state index in [-0.39, 0.29) is 42.3 Å². The van der Waals surface area contributed by atoms with Crippen LogP contribution in [0.2, 0.25) is 0 Å². The number of hydrogen-bond donors (Lipinski definition) is 0. The number of aromatic nitrogens is 2. The minimum Gasteiger partial charge on any atom is -0.463 e. The van der Waals surface area contributed by atoms with Gasteiger partial charge in [-0.1, -0.05) is 18.7 Å². The van der Waals surface area contributed by atoms with Crippen LogP contribution in [0.25, 0.3) is 4.85 Å². The van der Waals surface area contributed by atoms with E-state index in [0.29, 0.717) is 62.7 Å². The van der Waals surface area contributed by atoms with E-state index in [1.165, 1.54) is 25.1 Å². The molecule has 1 aromatic heterocycles. The topological polar surface area (TPSA) is 69.4 Å². The summed E-state index contributed by atoms with van der Waals surface area (Å²) in [5.74, 6) is 0.817. The molecule has 236 valence electrons. The Hall–Kier alpha value is -3.85. The maximum absolute atomic E-state index is 14.1. The molecule has 44 heavy (non-hydrogen) atoms. The average molecular weight is 612 g/mol. The van der Waals surface area contributed by atoms with Crippen molar-refractivity contribution in [3.63, 3.8) is 0 Å². The van der Waals surface area contributed by atoms with Gasteiger partial charge in [0.1, 0.15) is 11.9 Å². The minimum absolute atomic E-state index is 0.139. The van der Waals surface area contributed by atoms with E-state index < -0.39 is 11.7 Å². The SMILES string of the molecule is [C-]#[N+]C[C@H]1CN(c2nc(OC[C@@H]3CC[C@H](N(C)C)C3)nc3c2CCN(c2cccc(C)c2C(F)(F)F)C3)CCN1C(=O)C=C. The number of amides is 1. The number of fused-ring (bicyclic) bond motifs is 1. The number of carbonyl (C=O) groups excluding carboxylic acids is 1. The monoisotopic (exact) mass is 611 g/mol. The molecule has 1 amide bonds. The average Bonchev–Trinajstić information content (AvgIpc) is 3.48. The van der Waals surface area contributed by atoms with Crippen molar-refractivity contribution < 1.29 is 22.7 Å². The molecule has 2 aromatic rings. The van der Waals surface area contributed by atoms with E-state index in [2.05, 4.69) is 35.3 Å². The van der Waals surface area contributed by atoms with E-state index in [4.69, 9.17) is 21.3 Å². The number of carbonyl (C=O) groups is 1. The Bertz CT molecular complexity index is 1420. The standard InChI is InChI=1S/C32H40F3N7O2/c1-6-28(43)42-15-14-41(18-24(42)17-36-3)30-25-12-13-40(27-9-7-8-21(2)29(27)32(33,34)35)19-26(25)37-31(38-30)44-20-22-10-11-23(16-22)39(4)5/h6-9,22-24H,1,10-20H2,2,4-5H3/t22-,23+,24+/m1/s1. The molecular formula is C32H40F3N7O2. The number of aryl methyl sites for hydroxylation is 1.